The number of ether oxygens (including phenoxy) is 1. The predicted octanol–water partition coefficient (Wildman–Crippen LogP) is 1.17. The Balaban J connectivity index is 1.89. The summed E-state index contributed by atoms with van der Waals surface area (Å²) in [6.45, 7) is 1.28. The van der Waals surface area contributed by atoms with E-state index >= 15 is 0 Å². The molecular formula is C15H16N4O4. The smallest absolute Gasteiger partial charge is 0.354 e. The maximum Gasteiger partial charge on any atom is 0.354 e. The molecule has 1 saturated heterocycles. The van der Waals surface area contributed by atoms with Gasteiger partial charge in [-0.05, 0) is 17.7 Å². The highest BCUT2D eigenvalue weighted by Gasteiger charge is 2.26. The minimum atomic E-state index is -1.09. The van der Waals surface area contributed by atoms with Crippen molar-refractivity contribution in [2.75, 3.05) is 25.1 Å². The number of rotatable bonds is 5. The number of anilines is 1. The first kappa shape index (κ1) is 14.9. The van der Waals surface area contributed by atoms with Gasteiger partial charge in [-0.3, -0.25) is 9.58 Å². The summed E-state index contributed by atoms with van der Waals surface area (Å²) in [4.78, 5) is 24.5. The van der Waals surface area contributed by atoms with Crippen molar-refractivity contribution in [2.24, 2.45) is 0 Å². The fraction of sp³-hybridized carbons (Fsp3) is 0.267. The van der Waals surface area contributed by atoms with Gasteiger partial charge >= 0.3 is 12.0 Å². The number of nitrogens with one attached hydrogen (secondary N) is 1. The second-order valence-electron chi connectivity index (χ2n) is 5.08. The van der Waals surface area contributed by atoms with Crippen LogP contribution in [0.1, 0.15) is 16.1 Å². The molecule has 0 aliphatic carbocycles. The second-order valence-corrected chi connectivity index (χ2v) is 5.08. The third kappa shape index (κ3) is 2.96. The Labute approximate surface area is 132 Å². The Morgan fingerprint density at radius 1 is 1.39 bits per heavy atom. The number of methoxy groups -OCH3 is 1. The monoisotopic (exact) mass is 316 g/mol. The van der Waals surface area contributed by atoms with Gasteiger partial charge in [0.1, 0.15) is 11.4 Å². The van der Waals surface area contributed by atoms with Crippen molar-refractivity contribution >= 4 is 17.8 Å². The molecule has 2 aromatic rings. The van der Waals surface area contributed by atoms with Crippen molar-refractivity contribution in [2.45, 2.75) is 6.54 Å². The van der Waals surface area contributed by atoms with Gasteiger partial charge in [0.05, 0.1) is 13.7 Å². The number of aromatic nitrogens is 2. The lowest BCUT2D eigenvalue weighted by Gasteiger charge is -2.09. The summed E-state index contributed by atoms with van der Waals surface area (Å²) in [6.07, 6.45) is 0. The Morgan fingerprint density at radius 2 is 2.13 bits per heavy atom. The van der Waals surface area contributed by atoms with Crippen LogP contribution in [0.2, 0.25) is 0 Å². The summed E-state index contributed by atoms with van der Waals surface area (Å²) in [5.74, 6) is -0.0233. The highest BCUT2D eigenvalue weighted by molar-refractivity contribution is 5.94. The molecule has 8 nitrogen and oxygen atoms in total. The van der Waals surface area contributed by atoms with E-state index in [-0.39, 0.29) is 11.7 Å². The van der Waals surface area contributed by atoms with E-state index in [4.69, 9.17) is 4.74 Å². The fourth-order valence-electron chi connectivity index (χ4n) is 2.42. The van der Waals surface area contributed by atoms with Crippen LogP contribution >= 0.6 is 0 Å². The molecule has 1 aliphatic rings. The van der Waals surface area contributed by atoms with Gasteiger partial charge < -0.3 is 15.2 Å². The summed E-state index contributed by atoms with van der Waals surface area (Å²) in [6, 6.07) is 8.43. The van der Waals surface area contributed by atoms with Crippen LogP contribution in [0, 0.1) is 0 Å². The summed E-state index contributed by atoms with van der Waals surface area (Å²) in [7, 11) is 1.58. The molecule has 8 heteroatoms. The third-order valence-electron chi connectivity index (χ3n) is 3.61. The quantitative estimate of drug-likeness (QED) is 0.863. The highest BCUT2D eigenvalue weighted by Crippen LogP contribution is 2.19. The molecule has 0 spiro atoms. The maximum absolute atomic E-state index is 11.7. The second kappa shape index (κ2) is 5.99. The van der Waals surface area contributed by atoms with Gasteiger partial charge in [-0.2, -0.15) is 5.10 Å². The molecule has 2 N–H and O–H groups in total. The Bertz CT molecular complexity index is 738. The van der Waals surface area contributed by atoms with Crippen LogP contribution in [-0.4, -0.2) is 47.1 Å². The van der Waals surface area contributed by atoms with E-state index in [9.17, 15) is 14.7 Å². The van der Waals surface area contributed by atoms with Crippen molar-refractivity contribution in [3.63, 3.8) is 0 Å². The number of hydrogen-bond donors (Lipinski definition) is 2. The average Bonchev–Trinajstić information content (AvgIpc) is 3.14. The van der Waals surface area contributed by atoms with Gasteiger partial charge in [-0.15, -0.1) is 0 Å². The number of aromatic carboxylic acids is 1. The van der Waals surface area contributed by atoms with Crippen LogP contribution in [0.3, 0.4) is 0 Å². The lowest BCUT2D eigenvalue weighted by Crippen LogP contribution is -2.28. The molecule has 3 rings (SSSR count). The van der Waals surface area contributed by atoms with E-state index in [0.29, 0.717) is 25.5 Å². The van der Waals surface area contributed by atoms with Crippen LogP contribution < -0.4 is 15.0 Å². The molecule has 0 atom stereocenters. The molecular weight excluding hydrogens is 300 g/mol. The standard InChI is InChI=1S/C15H16N4O4/c1-23-11-4-2-10(3-5-11)9-19-12(14(20)21)8-13(17-19)18-7-6-16-15(18)22/h2-5,8H,6-7,9H2,1H3,(H,16,22)(H,20,21). The Hall–Kier alpha value is -3.03. The van der Waals surface area contributed by atoms with E-state index in [1.165, 1.54) is 15.6 Å². The van der Waals surface area contributed by atoms with E-state index in [0.717, 1.165) is 11.3 Å². The zero-order chi connectivity index (χ0) is 16.4. The van der Waals surface area contributed by atoms with Crippen molar-refractivity contribution in [3.05, 3.63) is 41.6 Å². The number of carboxylic acids is 1. The first-order valence-electron chi connectivity index (χ1n) is 7.08. The number of hydrogen-bond acceptors (Lipinski definition) is 4. The molecule has 2 heterocycles. The summed E-state index contributed by atoms with van der Waals surface area (Å²) < 4.78 is 6.48. The first-order valence-corrected chi connectivity index (χ1v) is 7.08. The zero-order valence-corrected chi connectivity index (χ0v) is 12.5. The molecule has 2 amide bonds. The van der Waals surface area contributed by atoms with Crippen molar-refractivity contribution in [3.8, 4) is 5.75 Å². The van der Waals surface area contributed by atoms with Crippen molar-refractivity contribution < 1.29 is 19.4 Å². The van der Waals surface area contributed by atoms with Gasteiger partial charge in [-0.25, -0.2) is 9.59 Å². The van der Waals surface area contributed by atoms with E-state index in [1.807, 2.05) is 12.1 Å². The number of amides is 2. The SMILES string of the molecule is COc1ccc(Cn2nc(N3CCNC3=O)cc2C(=O)O)cc1. The highest BCUT2D eigenvalue weighted by atomic mass is 16.5. The molecule has 1 aromatic heterocycles. The number of benzene rings is 1. The van der Waals surface area contributed by atoms with Gasteiger partial charge in [0.2, 0.25) is 0 Å². The van der Waals surface area contributed by atoms with Crippen molar-refractivity contribution in [1.29, 1.82) is 0 Å². The van der Waals surface area contributed by atoms with Crippen LogP contribution in [-0.2, 0) is 6.54 Å². The number of urea groups is 1. The normalized spacial score (nSPS) is 14.0. The molecule has 0 unspecified atom stereocenters. The van der Waals surface area contributed by atoms with Gasteiger partial charge in [0.15, 0.2) is 5.82 Å². The van der Waals surface area contributed by atoms with Gasteiger partial charge in [0.25, 0.3) is 0 Å². The molecule has 1 aliphatic heterocycles. The molecule has 1 aromatic carbocycles. The lowest BCUT2D eigenvalue weighted by molar-refractivity contribution is 0.0684. The first-order chi connectivity index (χ1) is 11.1. The maximum atomic E-state index is 11.7. The van der Waals surface area contributed by atoms with E-state index in [1.54, 1.807) is 19.2 Å². The van der Waals surface area contributed by atoms with Crippen LogP contribution in [0.25, 0.3) is 0 Å². The molecule has 1 fully saturated rings. The van der Waals surface area contributed by atoms with Crippen LogP contribution in [0.5, 0.6) is 5.75 Å². The largest absolute Gasteiger partial charge is 0.497 e. The molecule has 0 saturated carbocycles. The van der Waals surface area contributed by atoms with Crippen LogP contribution in [0.4, 0.5) is 10.6 Å². The number of carboxylic acid groups (broad SMARTS) is 1. The van der Waals surface area contributed by atoms with Gasteiger partial charge in [-0.1, -0.05) is 12.1 Å². The lowest BCUT2D eigenvalue weighted by atomic mass is 10.2. The minimum Gasteiger partial charge on any atom is -0.497 e. The van der Waals surface area contributed by atoms with E-state index in [2.05, 4.69) is 10.4 Å². The zero-order valence-electron chi connectivity index (χ0n) is 12.5. The molecule has 0 radical (unpaired) electrons. The minimum absolute atomic E-state index is 0.0375. The predicted molar refractivity (Wildman–Crippen MR) is 82.0 cm³/mol. The molecule has 0 bridgehead atoms. The average molecular weight is 316 g/mol. The van der Waals surface area contributed by atoms with Gasteiger partial charge in [0, 0.05) is 19.2 Å². The number of carbonyl (C=O) groups excluding carboxylic acids is 1. The van der Waals surface area contributed by atoms with E-state index < -0.39 is 5.97 Å². The third-order valence-corrected chi connectivity index (χ3v) is 3.61. The summed E-state index contributed by atoms with van der Waals surface area (Å²) in [5, 5.41) is 16.3. The number of carbonyl (C=O) groups is 2. The summed E-state index contributed by atoms with van der Waals surface area (Å²) >= 11 is 0. The Kier molecular flexibility index (Phi) is 3.88. The summed E-state index contributed by atoms with van der Waals surface area (Å²) in [5.41, 5.74) is 0.921. The van der Waals surface area contributed by atoms with Crippen molar-refractivity contribution in [1.82, 2.24) is 15.1 Å². The Morgan fingerprint density at radius 3 is 2.70 bits per heavy atom. The molecule has 23 heavy (non-hydrogen) atoms. The van der Waals surface area contributed by atoms with Crippen LogP contribution in [0.15, 0.2) is 30.3 Å². The fourth-order valence-corrected chi connectivity index (χ4v) is 2.42. The topological polar surface area (TPSA) is 96.7 Å². The molecule has 120 valence electrons. The number of nitrogens with zero attached hydrogens (tertiary/aromatic N) is 3.